The van der Waals surface area contributed by atoms with Gasteiger partial charge in [0, 0.05) is 13.1 Å². The minimum absolute atomic E-state index is 0.00229. The Bertz CT molecular complexity index is 1080. The number of carbonyl (C=O) groups is 2. The summed E-state index contributed by atoms with van der Waals surface area (Å²) in [5, 5.41) is 2.83. The van der Waals surface area contributed by atoms with Crippen LogP contribution in [0.2, 0.25) is 10.0 Å². The molecule has 160 valence electrons. The molecule has 0 unspecified atom stereocenters. The van der Waals surface area contributed by atoms with Crippen molar-refractivity contribution in [1.82, 2.24) is 4.31 Å². The van der Waals surface area contributed by atoms with Crippen LogP contribution in [0.1, 0.15) is 40.5 Å². The molecular formula is C20H20Cl2N2O5S. The molecule has 1 fully saturated rings. The molecule has 0 saturated carbocycles. The number of amides is 1. The van der Waals surface area contributed by atoms with E-state index in [1.54, 1.807) is 6.92 Å². The largest absolute Gasteiger partial charge is 0.462 e. The van der Waals surface area contributed by atoms with E-state index in [1.165, 1.54) is 40.7 Å². The van der Waals surface area contributed by atoms with Crippen molar-refractivity contribution in [2.45, 2.75) is 24.7 Å². The van der Waals surface area contributed by atoms with E-state index in [4.69, 9.17) is 27.9 Å². The Hall–Kier alpha value is -2.13. The fraction of sp³-hybridized carbons (Fsp3) is 0.300. The van der Waals surface area contributed by atoms with Gasteiger partial charge >= 0.3 is 5.97 Å². The predicted octanol–water partition coefficient (Wildman–Crippen LogP) is 4.21. The molecule has 0 radical (unpaired) electrons. The number of carbonyl (C=O) groups excluding carboxylic acids is 2. The molecule has 3 rings (SSSR count). The minimum atomic E-state index is -3.70. The third-order valence-corrected chi connectivity index (χ3v) is 7.15. The molecule has 1 aliphatic heterocycles. The summed E-state index contributed by atoms with van der Waals surface area (Å²) in [6.07, 6.45) is 1.61. The maximum absolute atomic E-state index is 12.8. The van der Waals surface area contributed by atoms with Gasteiger partial charge in [0.25, 0.3) is 5.91 Å². The number of halogens is 2. The van der Waals surface area contributed by atoms with Gasteiger partial charge in [-0.05, 0) is 56.2 Å². The second kappa shape index (κ2) is 9.34. The summed E-state index contributed by atoms with van der Waals surface area (Å²) >= 11 is 12.3. The van der Waals surface area contributed by atoms with E-state index < -0.39 is 21.9 Å². The average molecular weight is 471 g/mol. The van der Waals surface area contributed by atoms with Crippen molar-refractivity contribution in [3.05, 3.63) is 57.6 Å². The Morgan fingerprint density at radius 1 is 1.07 bits per heavy atom. The molecule has 0 aliphatic carbocycles. The maximum Gasteiger partial charge on any atom is 0.338 e. The number of sulfonamides is 1. The molecule has 10 heteroatoms. The molecule has 1 aliphatic rings. The van der Waals surface area contributed by atoms with Gasteiger partial charge in [0.05, 0.1) is 38.4 Å². The second-order valence-corrected chi connectivity index (χ2v) is 9.37. The van der Waals surface area contributed by atoms with E-state index in [9.17, 15) is 18.0 Å². The fourth-order valence-electron chi connectivity index (χ4n) is 3.06. The van der Waals surface area contributed by atoms with Crippen molar-refractivity contribution in [2.24, 2.45) is 0 Å². The van der Waals surface area contributed by atoms with Crippen LogP contribution in [0.4, 0.5) is 5.69 Å². The summed E-state index contributed by atoms with van der Waals surface area (Å²) in [6, 6.07) is 8.33. The van der Waals surface area contributed by atoms with Gasteiger partial charge < -0.3 is 10.1 Å². The van der Waals surface area contributed by atoms with Crippen LogP contribution in [0.3, 0.4) is 0 Å². The first-order valence-corrected chi connectivity index (χ1v) is 11.5. The first kappa shape index (κ1) is 22.6. The van der Waals surface area contributed by atoms with Crippen LogP contribution in [-0.4, -0.2) is 44.3 Å². The smallest absolute Gasteiger partial charge is 0.338 e. The number of hydrogen-bond donors (Lipinski definition) is 1. The molecule has 1 saturated heterocycles. The van der Waals surface area contributed by atoms with E-state index in [1.807, 2.05) is 0 Å². The summed E-state index contributed by atoms with van der Waals surface area (Å²) in [5.74, 6) is -1.15. The summed E-state index contributed by atoms with van der Waals surface area (Å²) < 4.78 is 31.9. The molecule has 1 amide bonds. The number of rotatable bonds is 6. The Balaban J connectivity index is 1.84. The molecule has 2 aromatic rings. The summed E-state index contributed by atoms with van der Waals surface area (Å²) in [4.78, 5) is 24.5. The Labute approximate surface area is 185 Å². The third kappa shape index (κ3) is 4.78. The highest BCUT2D eigenvalue weighted by Crippen LogP contribution is 2.28. The zero-order valence-corrected chi connectivity index (χ0v) is 18.5. The normalized spacial score (nSPS) is 14.5. The maximum atomic E-state index is 12.8. The summed E-state index contributed by atoms with van der Waals surface area (Å²) in [6.45, 7) is 2.82. The van der Waals surface area contributed by atoms with Crippen molar-refractivity contribution in [1.29, 1.82) is 0 Å². The zero-order chi connectivity index (χ0) is 21.9. The summed E-state index contributed by atoms with van der Waals surface area (Å²) in [7, 11) is -3.70. The fourth-order valence-corrected chi connectivity index (χ4v) is 5.04. The van der Waals surface area contributed by atoms with E-state index in [-0.39, 0.29) is 38.4 Å². The van der Waals surface area contributed by atoms with Gasteiger partial charge in [-0.25, -0.2) is 13.2 Å². The number of nitrogens with zero attached hydrogens (tertiary/aromatic N) is 1. The molecule has 1 N–H and O–H groups in total. The van der Waals surface area contributed by atoms with E-state index in [0.29, 0.717) is 13.1 Å². The van der Waals surface area contributed by atoms with Crippen LogP contribution in [0.15, 0.2) is 41.3 Å². The molecule has 0 aromatic heterocycles. The van der Waals surface area contributed by atoms with Crippen LogP contribution in [0.5, 0.6) is 0 Å². The highest BCUT2D eigenvalue weighted by Gasteiger charge is 2.28. The van der Waals surface area contributed by atoms with Crippen molar-refractivity contribution >= 4 is 50.8 Å². The first-order valence-electron chi connectivity index (χ1n) is 9.31. The lowest BCUT2D eigenvalue weighted by Gasteiger charge is -2.16. The van der Waals surface area contributed by atoms with E-state index >= 15 is 0 Å². The van der Waals surface area contributed by atoms with E-state index in [0.717, 1.165) is 12.8 Å². The van der Waals surface area contributed by atoms with Crippen LogP contribution in [0.25, 0.3) is 0 Å². The Morgan fingerprint density at radius 2 is 1.77 bits per heavy atom. The number of benzene rings is 2. The highest BCUT2D eigenvalue weighted by molar-refractivity contribution is 7.89. The highest BCUT2D eigenvalue weighted by atomic mass is 35.5. The monoisotopic (exact) mass is 470 g/mol. The van der Waals surface area contributed by atoms with Gasteiger partial charge in [-0.1, -0.05) is 23.2 Å². The number of hydrogen-bond acceptors (Lipinski definition) is 5. The Morgan fingerprint density at radius 3 is 2.40 bits per heavy atom. The second-order valence-electron chi connectivity index (χ2n) is 6.62. The first-order chi connectivity index (χ1) is 14.2. The number of esters is 1. The van der Waals surface area contributed by atoms with Gasteiger partial charge in [-0.2, -0.15) is 4.31 Å². The molecule has 0 bridgehead atoms. The van der Waals surface area contributed by atoms with Gasteiger partial charge in [0.15, 0.2) is 0 Å². The lowest BCUT2D eigenvalue weighted by atomic mass is 10.1. The van der Waals surface area contributed by atoms with Crippen LogP contribution < -0.4 is 5.32 Å². The lowest BCUT2D eigenvalue weighted by molar-refractivity contribution is 0.0526. The van der Waals surface area contributed by atoms with Gasteiger partial charge in [-0.15, -0.1) is 0 Å². The molecular weight excluding hydrogens is 451 g/mol. The van der Waals surface area contributed by atoms with Crippen molar-refractivity contribution in [3.8, 4) is 0 Å². The van der Waals surface area contributed by atoms with Gasteiger partial charge in [-0.3, -0.25) is 4.79 Å². The van der Waals surface area contributed by atoms with Gasteiger partial charge in [0.1, 0.15) is 0 Å². The average Bonchev–Trinajstić information content (AvgIpc) is 3.25. The van der Waals surface area contributed by atoms with E-state index in [2.05, 4.69) is 5.32 Å². The topological polar surface area (TPSA) is 92.8 Å². The molecule has 0 spiro atoms. The molecule has 0 atom stereocenters. The van der Waals surface area contributed by atoms with Gasteiger partial charge in [0.2, 0.25) is 10.0 Å². The minimum Gasteiger partial charge on any atom is -0.462 e. The van der Waals surface area contributed by atoms with Crippen molar-refractivity contribution in [2.75, 3.05) is 25.0 Å². The number of nitrogens with one attached hydrogen (secondary N) is 1. The number of ether oxygens (including phenoxy) is 1. The van der Waals surface area contributed by atoms with Crippen molar-refractivity contribution in [3.63, 3.8) is 0 Å². The molecule has 2 aromatic carbocycles. The third-order valence-electron chi connectivity index (χ3n) is 4.61. The standard InChI is InChI=1S/C20H20Cl2N2O5S/c1-2-29-20(26)13-5-8-18(17(22)11-13)23-19(25)15-12-14(6-7-16(15)21)30(27,28)24-9-3-4-10-24/h5-8,11-12H,2-4,9-10H2,1H3,(H,23,25). The summed E-state index contributed by atoms with van der Waals surface area (Å²) in [5.41, 5.74) is 0.498. The molecule has 30 heavy (non-hydrogen) atoms. The molecule has 7 nitrogen and oxygen atoms in total. The quantitative estimate of drug-likeness (QED) is 0.638. The zero-order valence-electron chi connectivity index (χ0n) is 16.2. The number of anilines is 1. The SMILES string of the molecule is CCOC(=O)c1ccc(NC(=O)c2cc(S(=O)(=O)N3CCCC3)ccc2Cl)c(Cl)c1. The predicted molar refractivity (Wildman–Crippen MR) is 115 cm³/mol. The lowest BCUT2D eigenvalue weighted by Crippen LogP contribution is -2.28. The van der Waals surface area contributed by atoms with Crippen LogP contribution in [0, 0.1) is 0 Å². The Kier molecular flexibility index (Phi) is 7.02. The van der Waals surface area contributed by atoms with Crippen LogP contribution in [-0.2, 0) is 14.8 Å². The van der Waals surface area contributed by atoms with Crippen molar-refractivity contribution < 1.29 is 22.7 Å². The van der Waals surface area contributed by atoms with Crippen LogP contribution >= 0.6 is 23.2 Å². The molecule has 1 heterocycles.